The number of H-pyrrole nitrogens is 1. The van der Waals surface area contributed by atoms with Crippen molar-refractivity contribution in [3.05, 3.63) is 24.0 Å². The van der Waals surface area contributed by atoms with E-state index >= 15 is 0 Å². The third kappa shape index (κ3) is 1.87. The first-order valence-electron chi connectivity index (χ1n) is 4.40. The van der Waals surface area contributed by atoms with E-state index in [0.29, 0.717) is 0 Å². The predicted molar refractivity (Wildman–Crippen MR) is 48.7 cm³/mol. The molecule has 1 aromatic heterocycles. The van der Waals surface area contributed by atoms with E-state index < -0.39 is 0 Å². The molecule has 0 spiro atoms. The van der Waals surface area contributed by atoms with Crippen molar-refractivity contribution >= 4 is 0 Å². The molecular weight excluding hydrogens is 150 g/mol. The van der Waals surface area contributed by atoms with Crippen LogP contribution in [-0.4, -0.2) is 17.1 Å². The van der Waals surface area contributed by atoms with E-state index in [4.69, 9.17) is 5.73 Å². The lowest BCUT2D eigenvalue weighted by molar-refractivity contribution is 0.569. The van der Waals surface area contributed by atoms with Crippen molar-refractivity contribution < 1.29 is 0 Å². The second kappa shape index (κ2) is 2.92. The molecule has 1 heterocycles. The molecule has 0 atom stereocenters. The first-order valence-corrected chi connectivity index (χ1v) is 4.40. The topological polar surface area (TPSA) is 53.8 Å². The molecule has 1 aliphatic rings. The minimum Gasteiger partial charge on any atom is -0.367 e. The van der Waals surface area contributed by atoms with E-state index in [-0.39, 0.29) is 5.54 Å². The van der Waals surface area contributed by atoms with Gasteiger partial charge >= 0.3 is 0 Å². The summed E-state index contributed by atoms with van der Waals surface area (Å²) in [4.78, 5) is 3.02. The molecule has 1 saturated carbocycles. The molecule has 0 saturated heterocycles. The zero-order valence-electron chi connectivity index (χ0n) is 7.14. The summed E-state index contributed by atoms with van der Waals surface area (Å²) in [5.74, 6) is 0. The molecule has 0 radical (unpaired) electrons. The number of nitrogens with one attached hydrogen (secondary N) is 2. The molecule has 0 aliphatic heterocycles. The first kappa shape index (κ1) is 7.83. The van der Waals surface area contributed by atoms with Gasteiger partial charge in [-0.25, -0.2) is 0 Å². The monoisotopic (exact) mass is 165 g/mol. The van der Waals surface area contributed by atoms with Crippen LogP contribution in [-0.2, 0) is 6.54 Å². The largest absolute Gasteiger partial charge is 0.367 e. The van der Waals surface area contributed by atoms with Gasteiger partial charge in [0.15, 0.2) is 0 Å². The fourth-order valence-corrected chi connectivity index (χ4v) is 1.26. The highest BCUT2D eigenvalue weighted by Gasteiger charge is 2.37. The van der Waals surface area contributed by atoms with Gasteiger partial charge in [-0.2, -0.15) is 0 Å². The van der Waals surface area contributed by atoms with Gasteiger partial charge in [0.25, 0.3) is 0 Å². The van der Waals surface area contributed by atoms with Crippen LogP contribution in [0, 0.1) is 0 Å². The van der Waals surface area contributed by atoms with Crippen molar-refractivity contribution in [1.29, 1.82) is 0 Å². The third-order valence-electron chi connectivity index (χ3n) is 2.36. The maximum atomic E-state index is 5.92. The Labute approximate surface area is 72.3 Å². The van der Waals surface area contributed by atoms with Crippen molar-refractivity contribution in [1.82, 2.24) is 10.3 Å². The lowest BCUT2D eigenvalue weighted by Crippen LogP contribution is -2.35. The first-order chi connectivity index (χ1) is 5.79. The van der Waals surface area contributed by atoms with E-state index in [1.54, 1.807) is 0 Å². The van der Waals surface area contributed by atoms with Crippen molar-refractivity contribution in [3.63, 3.8) is 0 Å². The van der Waals surface area contributed by atoms with Crippen LogP contribution in [0.4, 0.5) is 0 Å². The molecule has 12 heavy (non-hydrogen) atoms. The molecular formula is C9H15N3. The Hall–Kier alpha value is -0.800. The summed E-state index contributed by atoms with van der Waals surface area (Å²) in [5.41, 5.74) is 7.33. The fourth-order valence-electron chi connectivity index (χ4n) is 1.26. The van der Waals surface area contributed by atoms with Crippen LogP contribution in [0.25, 0.3) is 0 Å². The third-order valence-corrected chi connectivity index (χ3v) is 2.36. The van der Waals surface area contributed by atoms with Crippen molar-refractivity contribution in [2.75, 3.05) is 6.54 Å². The minimum atomic E-state index is 0.121. The van der Waals surface area contributed by atoms with E-state index in [0.717, 1.165) is 13.1 Å². The van der Waals surface area contributed by atoms with Crippen molar-refractivity contribution in [2.45, 2.75) is 24.9 Å². The molecule has 0 aromatic carbocycles. The molecule has 0 amide bonds. The van der Waals surface area contributed by atoms with E-state index in [9.17, 15) is 0 Å². The van der Waals surface area contributed by atoms with Crippen LogP contribution >= 0.6 is 0 Å². The predicted octanol–water partition coefficient (Wildman–Crippen LogP) is 0.596. The highest BCUT2D eigenvalue weighted by Crippen LogP contribution is 2.30. The lowest BCUT2D eigenvalue weighted by Gasteiger charge is -2.08. The van der Waals surface area contributed by atoms with Gasteiger partial charge in [-0.15, -0.1) is 0 Å². The van der Waals surface area contributed by atoms with Gasteiger partial charge in [0.2, 0.25) is 0 Å². The van der Waals surface area contributed by atoms with Crippen LogP contribution in [0.2, 0.25) is 0 Å². The lowest BCUT2D eigenvalue weighted by atomic mass is 10.3. The Morgan fingerprint density at radius 1 is 1.58 bits per heavy atom. The van der Waals surface area contributed by atoms with Gasteiger partial charge in [-0.1, -0.05) is 0 Å². The summed E-state index contributed by atoms with van der Waals surface area (Å²) in [6.07, 6.45) is 6.29. The number of rotatable bonds is 4. The number of hydrogen-bond donors (Lipinski definition) is 3. The zero-order valence-corrected chi connectivity index (χ0v) is 7.14. The molecule has 66 valence electrons. The fraction of sp³-hybridized carbons (Fsp3) is 0.556. The van der Waals surface area contributed by atoms with Gasteiger partial charge < -0.3 is 16.0 Å². The van der Waals surface area contributed by atoms with Crippen LogP contribution in [0.5, 0.6) is 0 Å². The standard InChI is InChI=1S/C9H15N3/c10-9(2-3-9)7-12-6-8-1-4-11-5-8/h1,4-5,11-12H,2-3,6-7,10H2. The summed E-state index contributed by atoms with van der Waals surface area (Å²) in [6, 6.07) is 2.07. The minimum absolute atomic E-state index is 0.121. The summed E-state index contributed by atoms with van der Waals surface area (Å²) < 4.78 is 0. The Kier molecular flexibility index (Phi) is 1.90. The molecule has 3 heteroatoms. The Morgan fingerprint density at radius 2 is 2.42 bits per heavy atom. The quantitative estimate of drug-likeness (QED) is 0.612. The number of nitrogens with two attached hydrogens (primary N) is 1. The average Bonchev–Trinajstić information content (AvgIpc) is 2.61. The van der Waals surface area contributed by atoms with Crippen LogP contribution in [0.3, 0.4) is 0 Å². The molecule has 2 rings (SSSR count). The maximum absolute atomic E-state index is 5.92. The van der Waals surface area contributed by atoms with Crippen LogP contribution < -0.4 is 11.1 Å². The van der Waals surface area contributed by atoms with Crippen molar-refractivity contribution in [3.8, 4) is 0 Å². The van der Waals surface area contributed by atoms with Gasteiger partial charge in [0.05, 0.1) is 0 Å². The SMILES string of the molecule is NC1(CNCc2cc[nH]c2)CC1. The highest BCUT2D eigenvalue weighted by molar-refractivity contribution is 5.08. The van der Waals surface area contributed by atoms with Crippen LogP contribution in [0.15, 0.2) is 18.5 Å². The van der Waals surface area contributed by atoms with Gasteiger partial charge in [0.1, 0.15) is 0 Å². The summed E-state index contributed by atoms with van der Waals surface area (Å²) >= 11 is 0. The normalized spacial score (nSPS) is 19.4. The maximum Gasteiger partial charge on any atom is 0.0282 e. The number of aromatic nitrogens is 1. The van der Waals surface area contributed by atoms with Crippen molar-refractivity contribution in [2.24, 2.45) is 5.73 Å². The summed E-state index contributed by atoms with van der Waals surface area (Å²) in [7, 11) is 0. The summed E-state index contributed by atoms with van der Waals surface area (Å²) in [6.45, 7) is 1.86. The molecule has 0 unspecified atom stereocenters. The van der Waals surface area contributed by atoms with E-state index in [1.165, 1.54) is 18.4 Å². The van der Waals surface area contributed by atoms with Gasteiger partial charge in [0, 0.05) is 31.0 Å². The molecule has 3 nitrogen and oxygen atoms in total. The Bertz CT molecular complexity index is 236. The van der Waals surface area contributed by atoms with Crippen LogP contribution in [0.1, 0.15) is 18.4 Å². The van der Waals surface area contributed by atoms with E-state index in [2.05, 4.69) is 16.4 Å². The zero-order chi connectivity index (χ0) is 8.44. The van der Waals surface area contributed by atoms with Gasteiger partial charge in [-0.3, -0.25) is 0 Å². The molecule has 1 fully saturated rings. The summed E-state index contributed by atoms with van der Waals surface area (Å²) in [5, 5.41) is 3.35. The molecule has 1 aromatic rings. The number of aromatic amines is 1. The average molecular weight is 165 g/mol. The smallest absolute Gasteiger partial charge is 0.0282 e. The Balaban J connectivity index is 1.69. The van der Waals surface area contributed by atoms with E-state index in [1.807, 2.05) is 12.4 Å². The number of hydrogen-bond acceptors (Lipinski definition) is 2. The second-order valence-corrected chi connectivity index (χ2v) is 3.69. The highest BCUT2D eigenvalue weighted by atomic mass is 15.0. The molecule has 0 bridgehead atoms. The Morgan fingerprint density at radius 3 is 3.00 bits per heavy atom. The molecule has 4 N–H and O–H groups in total. The van der Waals surface area contributed by atoms with Gasteiger partial charge in [-0.05, 0) is 24.5 Å². The second-order valence-electron chi connectivity index (χ2n) is 3.69. The molecule has 1 aliphatic carbocycles.